The van der Waals surface area contributed by atoms with Crippen molar-refractivity contribution in [3.63, 3.8) is 0 Å². The lowest BCUT2D eigenvalue weighted by molar-refractivity contribution is -0.130. The van der Waals surface area contributed by atoms with Crippen LogP contribution in [0, 0.1) is 0 Å². The Bertz CT molecular complexity index is 464. The maximum Gasteiger partial charge on any atom is 0.288 e. The number of nitrogens with one attached hydrogen (secondary N) is 2. The zero-order valence-electron chi connectivity index (χ0n) is 11.0. The number of benzene rings is 1. The highest BCUT2D eigenvalue weighted by Gasteiger charge is 2.32. The molecule has 1 saturated heterocycles. The molecular formula is C13H16F2N2O2S. The van der Waals surface area contributed by atoms with Gasteiger partial charge in [-0.3, -0.25) is 4.79 Å². The van der Waals surface area contributed by atoms with E-state index in [4.69, 9.17) is 4.74 Å². The highest BCUT2D eigenvalue weighted by atomic mass is 32.2. The second-order valence-electron chi connectivity index (χ2n) is 4.79. The Morgan fingerprint density at radius 2 is 2.10 bits per heavy atom. The number of hydrogen-bond donors (Lipinski definition) is 2. The van der Waals surface area contributed by atoms with Crippen molar-refractivity contribution in [1.82, 2.24) is 5.32 Å². The van der Waals surface area contributed by atoms with Crippen LogP contribution in [-0.4, -0.2) is 37.0 Å². The van der Waals surface area contributed by atoms with Gasteiger partial charge < -0.3 is 15.4 Å². The Labute approximate surface area is 120 Å². The minimum Gasteiger partial charge on any atom is -0.363 e. The molecular weight excluding hydrogens is 286 g/mol. The van der Waals surface area contributed by atoms with Crippen molar-refractivity contribution >= 4 is 23.4 Å². The van der Waals surface area contributed by atoms with Gasteiger partial charge in [0.05, 0.1) is 5.60 Å². The second kappa shape index (κ2) is 6.51. The van der Waals surface area contributed by atoms with Gasteiger partial charge in [-0.2, -0.15) is 8.78 Å². The third-order valence-corrected chi connectivity index (χ3v) is 3.64. The summed E-state index contributed by atoms with van der Waals surface area (Å²) in [7, 11) is 0. The van der Waals surface area contributed by atoms with Gasteiger partial charge in [0.1, 0.15) is 6.61 Å². The van der Waals surface area contributed by atoms with Crippen LogP contribution in [0.1, 0.15) is 6.92 Å². The quantitative estimate of drug-likeness (QED) is 0.792. The summed E-state index contributed by atoms with van der Waals surface area (Å²) in [6.07, 6.45) is 0. The molecule has 1 fully saturated rings. The van der Waals surface area contributed by atoms with E-state index in [2.05, 4.69) is 10.6 Å². The molecule has 0 aliphatic carbocycles. The zero-order valence-corrected chi connectivity index (χ0v) is 11.8. The summed E-state index contributed by atoms with van der Waals surface area (Å²) < 4.78 is 29.8. The molecule has 1 aliphatic rings. The highest BCUT2D eigenvalue weighted by Crippen LogP contribution is 2.26. The zero-order chi connectivity index (χ0) is 14.6. The van der Waals surface area contributed by atoms with Crippen LogP contribution in [0.25, 0.3) is 0 Å². The van der Waals surface area contributed by atoms with Crippen molar-refractivity contribution in [3.05, 3.63) is 24.3 Å². The van der Waals surface area contributed by atoms with E-state index in [1.165, 1.54) is 0 Å². The lowest BCUT2D eigenvalue weighted by Crippen LogP contribution is -2.59. The van der Waals surface area contributed by atoms with Gasteiger partial charge in [-0.1, -0.05) is 11.8 Å². The predicted molar refractivity (Wildman–Crippen MR) is 74.2 cm³/mol. The second-order valence-corrected chi connectivity index (χ2v) is 5.86. The Kier molecular flexibility index (Phi) is 4.95. The molecule has 1 amide bonds. The number of halogens is 2. The van der Waals surface area contributed by atoms with E-state index in [-0.39, 0.29) is 18.1 Å². The molecule has 0 saturated carbocycles. The molecule has 7 heteroatoms. The average Bonchev–Trinajstić information content (AvgIpc) is 2.36. The van der Waals surface area contributed by atoms with Crippen LogP contribution in [-0.2, 0) is 9.53 Å². The summed E-state index contributed by atoms with van der Waals surface area (Å²) in [4.78, 5) is 12.1. The first kappa shape index (κ1) is 15.2. The lowest BCUT2D eigenvalue weighted by atomic mass is 10.0. The van der Waals surface area contributed by atoms with Crippen molar-refractivity contribution in [3.8, 4) is 0 Å². The van der Waals surface area contributed by atoms with Crippen LogP contribution in [0.15, 0.2) is 29.2 Å². The number of alkyl halides is 2. The number of carbonyl (C=O) groups is 1. The largest absolute Gasteiger partial charge is 0.363 e. The molecule has 0 atom stereocenters. The van der Waals surface area contributed by atoms with Gasteiger partial charge in [0.15, 0.2) is 0 Å². The molecule has 4 nitrogen and oxygen atoms in total. The van der Waals surface area contributed by atoms with Crippen LogP contribution in [0.3, 0.4) is 0 Å². The third kappa shape index (κ3) is 4.43. The number of ether oxygens (including phenoxy) is 1. The van der Waals surface area contributed by atoms with Crippen LogP contribution >= 0.6 is 11.8 Å². The smallest absolute Gasteiger partial charge is 0.288 e. The van der Waals surface area contributed by atoms with Crippen molar-refractivity contribution in [2.24, 2.45) is 0 Å². The van der Waals surface area contributed by atoms with E-state index in [1.54, 1.807) is 24.3 Å². The first-order chi connectivity index (χ1) is 9.47. The molecule has 0 spiro atoms. The lowest BCUT2D eigenvalue weighted by Gasteiger charge is -2.38. The summed E-state index contributed by atoms with van der Waals surface area (Å²) in [6.45, 7) is 3.39. The van der Waals surface area contributed by atoms with E-state index in [9.17, 15) is 13.6 Å². The number of carbonyl (C=O) groups excluding carboxylic acids is 1. The van der Waals surface area contributed by atoms with Gasteiger partial charge in [-0.15, -0.1) is 0 Å². The number of thioether (sulfide) groups is 1. The molecule has 2 rings (SSSR count). The van der Waals surface area contributed by atoms with E-state index in [0.29, 0.717) is 22.3 Å². The minimum absolute atomic E-state index is 0.0221. The maximum absolute atomic E-state index is 12.2. The maximum atomic E-state index is 12.2. The van der Waals surface area contributed by atoms with E-state index in [0.717, 1.165) is 13.1 Å². The van der Waals surface area contributed by atoms with Crippen LogP contribution < -0.4 is 10.6 Å². The normalized spacial score (nSPS) is 16.8. The predicted octanol–water partition coefficient (Wildman–Crippen LogP) is 2.32. The topological polar surface area (TPSA) is 50.4 Å². The molecule has 1 aliphatic heterocycles. The highest BCUT2D eigenvalue weighted by molar-refractivity contribution is 7.99. The Hall–Kier alpha value is -1.18. The Balaban J connectivity index is 1.78. The van der Waals surface area contributed by atoms with Gasteiger partial charge in [-0.05, 0) is 31.2 Å². The number of amides is 1. The Morgan fingerprint density at radius 3 is 2.60 bits per heavy atom. The summed E-state index contributed by atoms with van der Waals surface area (Å²) in [5.74, 6) is -2.70. The molecule has 1 heterocycles. The van der Waals surface area contributed by atoms with E-state index >= 15 is 0 Å². The van der Waals surface area contributed by atoms with Crippen LogP contribution in [0.4, 0.5) is 14.5 Å². The van der Waals surface area contributed by atoms with Gasteiger partial charge in [0.2, 0.25) is 5.91 Å². The Morgan fingerprint density at radius 1 is 1.45 bits per heavy atom. The summed E-state index contributed by atoms with van der Waals surface area (Å²) in [5, 5.41) is 5.74. The molecule has 1 aromatic rings. The van der Waals surface area contributed by atoms with Crippen LogP contribution in [0.5, 0.6) is 0 Å². The first-order valence-corrected chi connectivity index (χ1v) is 7.04. The first-order valence-electron chi connectivity index (χ1n) is 6.16. The SMILES string of the molecule is CC1(OCC(=O)Nc2ccc(SC(F)F)cc2)CNC1. The number of anilines is 1. The number of hydrogen-bond acceptors (Lipinski definition) is 4. The van der Waals surface area contributed by atoms with Crippen molar-refractivity contribution in [2.45, 2.75) is 23.2 Å². The molecule has 0 bridgehead atoms. The molecule has 2 N–H and O–H groups in total. The van der Waals surface area contributed by atoms with Crippen molar-refractivity contribution < 1.29 is 18.3 Å². The average molecular weight is 302 g/mol. The fraction of sp³-hybridized carbons (Fsp3) is 0.462. The molecule has 110 valence electrons. The molecule has 0 aromatic heterocycles. The minimum atomic E-state index is -2.44. The standard InChI is InChI=1S/C13H16F2N2O2S/c1-13(7-16-8-13)19-6-11(18)17-9-2-4-10(5-3-9)20-12(14)15/h2-5,12,16H,6-8H2,1H3,(H,17,18). The molecule has 0 unspecified atom stereocenters. The number of rotatable bonds is 6. The fourth-order valence-corrected chi connectivity index (χ4v) is 2.23. The molecule has 20 heavy (non-hydrogen) atoms. The van der Waals surface area contributed by atoms with Crippen molar-refractivity contribution in [2.75, 3.05) is 25.0 Å². The monoisotopic (exact) mass is 302 g/mol. The van der Waals surface area contributed by atoms with E-state index < -0.39 is 5.76 Å². The van der Waals surface area contributed by atoms with Gasteiger partial charge in [-0.25, -0.2) is 0 Å². The van der Waals surface area contributed by atoms with E-state index in [1.807, 2.05) is 6.92 Å². The van der Waals surface area contributed by atoms with Gasteiger partial charge in [0.25, 0.3) is 5.76 Å². The summed E-state index contributed by atoms with van der Waals surface area (Å²) in [5.41, 5.74) is 0.295. The van der Waals surface area contributed by atoms with Gasteiger partial charge in [0, 0.05) is 23.7 Å². The summed E-state index contributed by atoms with van der Waals surface area (Å²) in [6, 6.07) is 6.28. The summed E-state index contributed by atoms with van der Waals surface area (Å²) >= 11 is 0.473. The molecule has 0 radical (unpaired) electrons. The van der Waals surface area contributed by atoms with Crippen LogP contribution in [0.2, 0.25) is 0 Å². The molecule has 1 aromatic carbocycles. The van der Waals surface area contributed by atoms with Gasteiger partial charge >= 0.3 is 0 Å². The third-order valence-electron chi connectivity index (χ3n) is 2.91. The fourth-order valence-electron chi connectivity index (χ4n) is 1.74. The van der Waals surface area contributed by atoms with Crippen molar-refractivity contribution in [1.29, 1.82) is 0 Å².